The molecule has 3 N–H and O–H groups in total. The molecule has 0 amide bonds. The van der Waals surface area contributed by atoms with E-state index in [0.29, 0.717) is 37.8 Å². The summed E-state index contributed by atoms with van der Waals surface area (Å²) in [4.78, 5) is 5.20. The Morgan fingerprint density at radius 1 is 1.00 bits per heavy atom. The van der Waals surface area contributed by atoms with Crippen molar-refractivity contribution in [1.82, 2.24) is 30.4 Å². The predicted octanol–water partition coefficient (Wildman–Crippen LogP) is 4.67. The van der Waals surface area contributed by atoms with Gasteiger partial charge in [-0.2, -0.15) is 18.3 Å². The standard InChI is InChI=1S/C14H7Cl2F3N6/c15-7-1-6-9(2-8(7)16)22-11(10(6)5-3-20-21-4-5)12-23-13(25-24-12)14(17,18)19/h1-4,22H,(H,20,21)(H,23,24,25). The molecule has 0 radical (unpaired) electrons. The zero-order valence-electron chi connectivity index (χ0n) is 12.0. The van der Waals surface area contributed by atoms with E-state index in [9.17, 15) is 13.2 Å². The second-order valence-electron chi connectivity index (χ2n) is 5.19. The lowest BCUT2D eigenvalue weighted by Gasteiger charge is -2.01. The molecule has 4 aromatic rings. The van der Waals surface area contributed by atoms with Gasteiger partial charge in [-0.3, -0.25) is 5.10 Å². The van der Waals surface area contributed by atoms with Crippen molar-refractivity contribution in [3.63, 3.8) is 0 Å². The Labute approximate surface area is 147 Å². The number of hydrogen-bond donors (Lipinski definition) is 3. The molecule has 11 heteroatoms. The van der Waals surface area contributed by atoms with Crippen LogP contribution in [0.15, 0.2) is 24.5 Å². The largest absolute Gasteiger partial charge is 0.451 e. The Hall–Kier alpha value is -2.52. The third kappa shape index (κ3) is 2.65. The maximum absolute atomic E-state index is 12.8. The lowest BCUT2D eigenvalue weighted by molar-refractivity contribution is -0.144. The van der Waals surface area contributed by atoms with E-state index in [0.717, 1.165) is 0 Å². The second kappa shape index (κ2) is 5.50. The summed E-state index contributed by atoms with van der Waals surface area (Å²) in [5, 5.41) is 14.6. The van der Waals surface area contributed by atoms with Crippen molar-refractivity contribution in [2.24, 2.45) is 0 Å². The van der Waals surface area contributed by atoms with E-state index in [2.05, 4.69) is 30.4 Å². The summed E-state index contributed by atoms with van der Waals surface area (Å²) in [5.41, 5.74) is 2.13. The van der Waals surface area contributed by atoms with Crippen LogP contribution in [0, 0.1) is 0 Å². The molecule has 0 unspecified atom stereocenters. The lowest BCUT2D eigenvalue weighted by atomic mass is 10.0. The summed E-state index contributed by atoms with van der Waals surface area (Å²) in [6.07, 6.45) is -1.48. The van der Waals surface area contributed by atoms with Gasteiger partial charge in [0.25, 0.3) is 0 Å². The molecule has 3 aromatic heterocycles. The minimum absolute atomic E-state index is 0.0630. The van der Waals surface area contributed by atoms with E-state index < -0.39 is 12.0 Å². The number of benzene rings is 1. The first-order chi connectivity index (χ1) is 11.8. The summed E-state index contributed by atoms with van der Waals surface area (Å²) in [7, 11) is 0. The molecule has 0 spiro atoms. The van der Waals surface area contributed by atoms with Crippen LogP contribution in [0.2, 0.25) is 10.0 Å². The molecule has 4 rings (SSSR count). The van der Waals surface area contributed by atoms with Crippen molar-refractivity contribution in [2.75, 3.05) is 0 Å². The summed E-state index contributed by atoms with van der Waals surface area (Å²) in [6.45, 7) is 0. The third-order valence-electron chi connectivity index (χ3n) is 3.62. The molecule has 25 heavy (non-hydrogen) atoms. The summed E-state index contributed by atoms with van der Waals surface area (Å²) < 4.78 is 38.4. The van der Waals surface area contributed by atoms with Crippen molar-refractivity contribution in [3.8, 4) is 22.6 Å². The van der Waals surface area contributed by atoms with E-state index in [-0.39, 0.29) is 5.82 Å². The predicted molar refractivity (Wildman–Crippen MR) is 86.3 cm³/mol. The number of aromatic nitrogens is 6. The summed E-state index contributed by atoms with van der Waals surface area (Å²) in [5.74, 6) is -1.25. The topological polar surface area (TPSA) is 86.0 Å². The van der Waals surface area contributed by atoms with E-state index >= 15 is 0 Å². The number of fused-ring (bicyclic) bond motifs is 1. The highest BCUT2D eigenvalue weighted by molar-refractivity contribution is 6.43. The van der Waals surface area contributed by atoms with Crippen molar-refractivity contribution in [1.29, 1.82) is 0 Å². The number of hydrogen-bond acceptors (Lipinski definition) is 3. The van der Waals surface area contributed by atoms with E-state index in [1.54, 1.807) is 18.3 Å². The zero-order chi connectivity index (χ0) is 17.8. The Bertz CT molecular complexity index is 1060. The van der Waals surface area contributed by atoms with Crippen molar-refractivity contribution in [2.45, 2.75) is 6.18 Å². The van der Waals surface area contributed by atoms with E-state index in [4.69, 9.17) is 23.2 Å². The third-order valence-corrected chi connectivity index (χ3v) is 4.34. The van der Waals surface area contributed by atoms with Crippen LogP contribution in [-0.4, -0.2) is 30.4 Å². The van der Waals surface area contributed by atoms with Crippen LogP contribution in [0.4, 0.5) is 13.2 Å². The first-order valence-corrected chi connectivity index (χ1v) is 7.60. The van der Waals surface area contributed by atoms with Gasteiger partial charge in [0.05, 0.1) is 21.9 Å². The van der Waals surface area contributed by atoms with Crippen LogP contribution in [0.5, 0.6) is 0 Å². The van der Waals surface area contributed by atoms with Crippen LogP contribution in [0.3, 0.4) is 0 Å². The molecule has 0 fully saturated rings. The zero-order valence-corrected chi connectivity index (χ0v) is 13.6. The molecule has 6 nitrogen and oxygen atoms in total. The SMILES string of the molecule is FC(F)(F)c1nnc(-c2[nH]c3cc(Cl)c(Cl)cc3c2-c2cn[nH]c2)[nH]1. The highest BCUT2D eigenvalue weighted by atomic mass is 35.5. The molecule has 0 aliphatic carbocycles. The van der Waals surface area contributed by atoms with E-state index in [1.165, 1.54) is 6.20 Å². The normalized spacial score (nSPS) is 12.2. The summed E-state index contributed by atoms with van der Waals surface area (Å²) in [6, 6.07) is 3.22. The van der Waals surface area contributed by atoms with Crippen LogP contribution in [0.1, 0.15) is 5.82 Å². The van der Waals surface area contributed by atoms with Gasteiger partial charge in [0, 0.05) is 28.2 Å². The first kappa shape index (κ1) is 16.0. The Kier molecular flexibility index (Phi) is 3.51. The van der Waals surface area contributed by atoms with Gasteiger partial charge in [0.15, 0.2) is 5.82 Å². The Balaban J connectivity index is 2.00. The fourth-order valence-electron chi connectivity index (χ4n) is 2.56. The van der Waals surface area contributed by atoms with Crippen molar-refractivity contribution in [3.05, 3.63) is 40.4 Å². The van der Waals surface area contributed by atoms with Gasteiger partial charge in [0.2, 0.25) is 5.82 Å². The van der Waals surface area contributed by atoms with Crippen LogP contribution >= 0.6 is 23.2 Å². The van der Waals surface area contributed by atoms with Crippen molar-refractivity contribution < 1.29 is 13.2 Å². The average Bonchev–Trinajstić information content (AvgIpc) is 3.25. The molecule has 0 aliphatic rings. The molecule has 128 valence electrons. The van der Waals surface area contributed by atoms with Crippen LogP contribution < -0.4 is 0 Å². The van der Waals surface area contributed by atoms with Gasteiger partial charge in [-0.25, -0.2) is 0 Å². The minimum atomic E-state index is -4.63. The molecule has 1 aromatic carbocycles. The first-order valence-electron chi connectivity index (χ1n) is 6.84. The number of rotatable bonds is 2. The minimum Gasteiger partial charge on any atom is -0.351 e. The van der Waals surface area contributed by atoms with Crippen molar-refractivity contribution >= 4 is 34.1 Å². The van der Waals surface area contributed by atoms with Gasteiger partial charge in [-0.05, 0) is 12.1 Å². The van der Waals surface area contributed by atoms with Gasteiger partial charge < -0.3 is 9.97 Å². The van der Waals surface area contributed by atoms with Gasteiger partial charge in [-0.1, -0.05) is 23.2 Å². The quantitative estimate of drug-likeness (QED) is 0.467. The molecule has 0 atom stereocenters. The highest BCUT2D eigenvalue weighted by Gasteiger charge is 2.36. The maximum Gasteiger partial charge on any atom is 0.451 e. The maximum atomic E-state index is 12.8. The van der Waals surface area contributed by atoms with Gasteiger partial charge >= 0.3 is 6.18 Å². The average molecular weight is 387 g/mol. The fraction of sp³-hybridized carbons (Fsp3) is 0.0714. The Morgan fingerprint density at radius 2 is 1.76 bits per heavy atom. The van der Waals surface area contributed by atoms with Gasteiger partial charge in [-0.15, -0.1) is 10.2 Å². The molecular formula is C14H7Cl2F3N6. The monoisotopic (exact) mass is 386 g/mol. The number of nitrogens with one attached hydrogen (secondary N) is 3. The number of nitrogens with zero attached hydrogens (tertiary/aromatic N) is 3. The molecule has 0 saturated heterocycles. The smallest absolute Gasteiger partial charge is 0.351 e. The lowest BCUT2D eigenvalue weighted by Crippen LogP contribution is -2.07. The number of alkyl halides is 3. The molecule has 0 bridgehead atoms. The van der Waals surface area contributed by atoms with Crippen LogP contribution in [-0.2, 0) is 6.18 Å². The fourth-order valence-corrected chi connectivity index (χ4v) is 2.88. The van der Waals surface area contributed by atoms with Crippen LogP contribution in [0.25, 0.3) is 33.5 Å². The number of H-pyrrole nitrogens is 3. The molecule has 0 saturated carbocycles. The molecule has 3 heterocycles. The van der Waals surface area contributed by atoms with Gasteiger partial charge in [0.1, 0.15) is 0 Å². The molecular weight excluding hydrogens is 380 g/mol. The number of aromatic amines is 3. The van der Waals surface area contributed by atoms with E-state index in [1.807, 2.05) is 0 Å². The second-order valence-corrected chi connectivity index (χ2v) is 6.01. The molecule has 0 aliphatic heterocycles. The Morgan fingerprint density at radius 3 is 2.40 bits per heavy atom. The summed E-state index contributed by atoms with van der Waals surface area (Å²) >= 11 is 12.1. The number of halogens is 5. The highest BCUT2D eigenvalue weighted by Crippen LogP contribution is 2.40.